The van der Waals surface area contributed by atoms with Crippen molar-refractivity contribution in [2.45, 2.75) is 6.54 Å². The van der Waals surface area contributed by atoms with Crippen molar-refractivity contribution in [1.82, 2.24) is 0 Å². The summed E-state index contributed by atoms with van der Waals surface area (Å²) in [6.45, 7) is 0.329. The summed E-state index contributed by atoms with van der Waals surface area (Å²) in [5, 5.41) is 3.51. The molecule has 2 aromatic rings. The quantitative estimate of drug-likeness (QED) is 0.862. The highest BCUT2D eigenvalue weighted by Gasteiger charge is 2.02. The molecule has 0 spiro atoms. The molecule has 0 aliphatic heterocycles. The predicted molar refractivity (Wildman–Crippen MR) is 79.9 cm³/mol. The molecule has 0 saturated carbocycles. The zero-order valence-electron chi connectivity index (χ0n) is 11.1. The number of carbonyl (C=O) groups is 1. The van der Waals surface area contributed by atoms with Crippen LogP contribution < -0.4 is 15.8 Å². The van der Waals surface area contributed by atoms with Crippen molar-refractivity contribution < 1.29 is 13.9 Å². The van der Waals surface area contributed by atoms with Gasteiger partial charge in [0, 0.05) is 6.54 Å². The molecule has 0 aliphatic carbocycles. The van der Waals surface area contributed by atoms with Crippen molar-refractivity contribution >= 4 is 23.2 Å². The van der Waals surface area contributed by atoms with Crippen LogP contribution in [0.25, 0.3) is 0 Å². The smallest absolute Gasteiger partial charge is 0.255 e. The van der Waals surface area contributed by atoms with Crippen LogP contribution in [0.4, 0.5) is 10.1 Å². The van der Waals surface area contributed by atoms with Gasteiger partial charge in [-0.05, 0) is 35.9 Å². The number of nitrogens with one attached hydrogen (secondary N) is 1. The van der Waals surface area contributed by atoms with Gasteiger partial charge in [0.05, 0.1) is 10.7 Å². The molecule has 110 valence electrons. The number of hydrogen-bond donors (Lipinski definition) is 2. The lowest BCUT2D eigenvalue weighted by Crippen LogP contribution is -2.19. The van der Waals surface area contributed by atoms with Gasteiger partial charge in [-0.15, -0.1) is 0 Å². The first kappa shape index (κ1) is 15.1. The second-order valence-corrected chi connectivity index (χ2v) is 4.78. The number of anilines is 1. The number of rotatable bonds is 6. The molecule has 0 unspecified atom stereocenters. The fraction of sp³-hybridized carbons (Fsp3) is 0.133. The maximum atomic E-state index is 13.1. The molecule has 0 bridgehead atoms. The molecule has 0 aliphatic rings. The Morgan fingerprint density at radius 3 is 2.62 bits per heavy atom. The van der Waals surface area contributed by atoms with Crippen molar-refractivity contribution in [1.29, 1.82) is 0 Å². The van der Waals surface area contributed by atoms with Crippen LogP contribution in [0, 0.1) is 5.82 Å². The van der Waals surface area contributed by atoms with Crippen LogP contribution in [0.3, 0.4) is 0 Å². The summed E-state index contributed by atoms with van der Waals surface area (Å²) in [7, 11) is 0. The summed E-state index contributed by atoms with van der Waals surface area (Å²) in [6.07, 6.45) is 0. The third-order valence-electron chi connectivity index (χ3n) is 2.72. The SMILES string of the molecule is NC(=O)COc1ccc(CNc2cc(F)ccc2Cl)cc1. The molecule has 6 heteroatoms. The van der Waals surface area contributed by atoms with Gasteiger partial charge in [0.2, 0.25) is 0 Å². The zero-order valence-corrected chi connectivity index (χ0v) is 11.9. The van der Waals surface area contributed by atoms with E-state index in [1.54, 1.807) is 12.1 Å². The molecule has 4 nitrogen and oxygen atoms in total. The number of ether oxygens (including phenoxy) is 1. The summed E-state index contributed by atoms with van der Waals surface area (Å²) in [5.41, 5.74) is 6.48. The molecule has 0 heterocycles. The molecule has 0 aromatic heterocycles. The molecule has 1 amide bonds. The van der Waals surface area contributed by atoms with Crippen LogP contribution in [0.1, 0.15) is 5.56 Å². The van der Waals surface area contributed by atoms with Crippen molar-refractivity contribution in [3.8, 4) is 5.75 Å². The minimum absolute atomic E-state index is 0.156. The van der Waals surface area contributed by atoms with Gasteiger partial charge in [0.1, 0.15) is 11.6 Å². The van der Waals surface area contributed by atoms with Gasteiger partial charge in [-0.2, -0.15) is 0 Å². The Morgan fingerprint density at radius 1 is 1.24 bits per heavy atom. The molecule has 3 N–H and O–H groups in total. The zero-order chi connectivity index (χ0) is 15.2. The maximum Gasteiger partial charge on any atom is 0.255 e. The minimum atomic E-state index is -0.526. The van der Waals surface area contributed by atoms with E-state index in [1.807, 2.05) is 12.1 Å². The van der Waals surface area contributed by atoms with Gasteiger partial charge in [0.25, 0.3) is 5.91 Å². The van der Waals surface area contributed by atoms with Gasteiger partial charge in [-0.3, -0.25) is 4.79 Å². The van der Waals surface area contributed by atoms with Gasteiger partial charge < -0.3 is 15.8 Å². The molecule has 0 atom stereocenters. The fourth-order valence-electron chi connectivity index (χ4n) is 1.69. The predicted octanol–water partition coefficient (Wildman–Crippen LogP) is 2.96. The van der Waals surface area contributed by atoms with Gasteiger partial charge in [-0.25, -0.2) is 4.39 Å². The highest BCUT2D eigenvalue weighted by atomic mass is 35.5. The van der Waals surface area contributed by atoms with Crippen LogP contribution in [0.2, 0.25) is 5.02 Å². The molecule has 2 rings (SSSR count). The van der Waals surface area contributed by atoms with Crippen LogP contribution >= 0.6 is 11.6 Å². The molecule has 0 radical (unpaired) electrons. The van der Waals surface area contributed by atoms with Crippen molar-refractivity contribution in [2.24, 2.45) is 5.73 Å². The second-order valence-electron chi connectivity index (χ2n) is 4.38. The molecule has 0 fully saturated rings. The van der Waals surface area contributed by atoms with E-state index in [-0.39, 0.29) is 12.4 Å². The first-order chi connectivity index (χ1) is 10.0. The number of amides is 1. The Bertz CT molecular complexity index is 632. The highest BCUT2D eigenvalue weighted by Crippen LogP contribution is 2.23. The Morgan fingerprint density at radius 2 is 1.95 bits per heavy atom. The lowest BCUT2D eigenvalue weighted by molar-refractivity contribution is -0.119. The summed E-state index contributed by atoms with van der Waals surface area (Å²) < 4.78 is 18.3. The number of primary amides is 1. The molecule has 21 heavy (non-hydrogen) atoms. The molecule has 0 saturated heterocycles. The fourth-order valence-corrected chi connectivity index (χ4v) is 1.87. The number of nitrogens with two attached hydrogens (primary N) is 1. The lowest BCUT2D eigenvalue weighted by atomic mass is 10.2. The van der Waals surface area contributed by atoms with Gasteiger partial charge in [0.15, 0.2) is 6.61 Å². The summed E-state index contributed by atoms with van der Waals surface area (Å²) >= 11 is 5.97. The summed E-state index contributed by atoms with van der Waals surface area (Å²) in [6, 6.07) is 11.3. The van der Waals surface area contributed by atoms with Crippen LogP contribution in [-0.4, -0.2) is 12.5 Å². The van der Waals surface area contributed by atoms with Gasteiger partial charge >= 0.3 is 0 Å². The third-order valence-corrected chi connectivity index (χ3v) is 3.05. The van der Waals surface area contributed by atoms with E-state index in [0.717, 1.165) is 5.56 Å². The van der Waals surface area contributed by atoms with Crippen molar-refractivity contribution in [3.05, 3.63) is 58.9 Å². The molecular formula is C15H14ClFN2O2. The van der Waals surface area contributed by atoms with Gasteiger partial charge in [-0.1, -0.05) is 23.7 Å². The highest BCUT2D eigenvalue weighted by molar-refractivity contribution is 6.33. The number of carbonyl (C=O) groups excluding carboxylic acids is 1. The standard InChI is InChI=1S/C15H14ClFN2O2/c16-13-6-3-11(17)7-14(13)19-8-10-1-4-12(5-2-10)21-9-15(18)20/h1-7,19H,8-9H2,(H2,18,20). The first-order valence-electron chi connectivity index (χ1n) is 6.23. The monoisotopic (exact) mass is 308 g/mol. The van der Waals surface area contributed by atoms with E-state index in [0.29, 0.717) is 23.0 Å². The summed E-state index contributed by atoms with van der Waals surface area (Å²) in [4.78, 5) is 10.6. The average Bonchev–Trinajstić information content (AvgIpc) is 2.47. The maximum absolute atomic E-state index is 13.1. The van der Waals surface area contributed by atoms with E-state index in [2.05, 4.69) is 5.32 Å². The van der Waals surface area contributed by atoms with E-state index in [4.69, 9.17) is 22.1 Å². The lowest BCUT2D eigenvalue weighted by Gasteiger charge is -2.09. The third kappa shape index (κ3) is 4.65. The van der Waals surface area contributed by atoms with Crippen LogP contribution in [0.15, 0.2) is 42.5 Å². The Hall–Kier alpha value is -2.27. The van der Waals surface area contributed by atoms with E-state index in [9.17, 15) is 9.18 Å². The van der Waals surface area contributed by atoms with Crippen molar-refractivity contribution in [2.75, 3.05) is 11.9 Å². The summed E-state index contributed by atoms with van der Waals surface area (Å²) in [5.74, 6) is -0.320. The molecule has 2 aromatic carbocycles. The average molecular weight is 309 g/mol. The normalized spacial score (nSPS) is 10.2. The largest absolute Gasteiger partial charge is 0.484 e. The number of hydrogen-bond acceptors (Lipinski definition) is 3. The first-order valence-corrected chi connectivity index (χ1v) is 6.61. The number of halogens is 2. The number of benzene rings is 2. The van der Waals surface area contributed by atoms with E-state index < -0.39 is 5.91 Å². The Kier molecular flexibility index (Phi) is 5.00. The van der Waals surface area contributed by atoms with Crippen molar-refractivity contribution in [3.63, 3.8) is 0 Å². The van der Waals surface area contributed by atoms with Crippen LogP contribution in [0.5, 0.6) is 5.75 Å². The minimum Gasteiger partial charge on any atom is -0.484 e. The Labute approximate surface area is 126 Å². The van der Waals surface area contributed by atoms with E-state index >= 15 is 0 Å². The topological polar surface area (TPSA) is 64.4 Å². The van der Waals surface area contributed by atoms with E-state index in [1.165, 1.54) is 18.2 Å². The Balaban J connectivity index is 1.94. The molecular weight excluding hydrogens is 295 g/mol. The van der Waals surface area contributed by atoms with Crippen LogP contribution in [-0.2, 0) is 11.3 Å². The second kappa shape index (κ2) is 6.95.